The van der Waals surface area contributed by atoms with Crippen LogP contribution in [0.3, 0.4) is 0 Å². The van der Waals surface area contributed by atoms with E-state index in [1.807, 2.05) is 0 Å². The predicted molar refractivity (Wildman–Crippen MR) is 130 cm³/mol. The van der Waals surface area contributed by atoms with E-state index in [0.717, 1.165) is 4.90 Å². The Hall–Kier alpha value is -3.26. The highest BCUT2D eigenvalue weighted by atomic mass is 35.5. The molecule has 0 saturated carbocycles. The van der Waals surface area contributed by atoms with Crippen molar-refractivity contribution in [1.82, 2.24) is 5.32 Å². The molecule has 33 heavy (non-hydrogen) atoms. The van der Waals surface area contributed by atoms with E-state index in [2.05, 4.69) is 5.32 Å². The lowest BCUT2D eigenvalue weighted by atomic mass is 10.1. The molecule has 0 atom stereocenters. The Morgan fingerprint density at radius 3 is 2.52 bits per heavy atom. The van der Waals surface area contributed by atoms with Crippen molar-refractivity contribution in [3.63, 3.8) is 0 Å². The van der Waals surface area contributed by atoms with Crippen LogP contribution in [0.1, 0.15) is 11.1 Å². The first-order chi connectivity index (χ1) is 15.9. The minimum Gasteiger partial charge on any atom is -0.488 e. The number of nitrogens with zero attached hydrogens (tertiary/aromatic N) is 1. The molecule has 1 aliphatic heterocycles. The number of anilines is 1. The molecule has 1 saturated heterocycles. The van der Waals surface area contributed by atoms with E-state index in [1.54, 1.807) is 60.7 Å². The summed E-state index contributed by atoms with van der Waals surface area (Å²) >= 11 is 17.6. The van der Waals surface area contributed by atoms with Crippen molar-refractivity contribution in [2.45, 2.75) is 6.61 Å². The summed E-state index contributed by atoms with van der Waals surface area (Å²) in [6.45, 7) is -0.0265. The second-order valence-electron chi connectivity index (χ2n) is 6.95. The normalized spacial score (nSPS) is 15.1. The maximum Gasteiger partial charge on any atom is 0.270 e. The van der Waals surface area contributed by atoms with Crippen molar-refractivity contribution in [2.75, 3.05) is 4.90 Å². The number of ether oxygens (including phenoxy) is 1. The SMILES string of the molecule is O=C1NC(=S)N(c2cccc(Cl)c2Cl)C(=O)/C1=C/c1ccccc1OCc1ccccc1F. The van der Waals surface area contributed by atoms with E-state index < -0.39 is 17.6 Å². The van der Waals surface area contributed by atoms with Crippen LogP contribution >= 0.6 is 35.4 Å². The van der Waals surface area contributed by atoms with E-state index >= 15 is 0 Å². The fraction of sp³-hybridized carbons (Fsp3) is 0.0417. The van der Waals surface area contributed by atoms with E-state index in [0.29, 0.717) is 16.9 Å². The maximum atomic E-state index is 13.9. The summed E-state index contributed by atoms with van der Waals surface area (Å²) in [5.74, 6) is -1.35. The number of hydrogen-bond acceptors (Lipinski definition) is 4. The van der Waals surface area contributed by atoms with Gasteiger partial charge in [0.05, 0.1) is 15.7 Å². The Morgan fingerprint density at radius 2 is 1.73 bits per heavy atom. The predicted octanol–water partition coefficient (Wildman–Crippen LogP) is 5.54. The van der Waals surface area contributed by atoms with Gasteiger partial charge in [0.2, 0.25) is 0 Å². The zero-order valence-electron chi connectivity index (χ0n) is 16.8. The molecule has 3 aromatic rings. The summed E-state index contributed by atoms with van der Waals surface area (Å²) in [5.41, 5.74) is 0.895. The summed E-state index contributed by atoms with van der Waals surface area (Å²) < 4.78 is 19.7. The van der Waals surface area contributed by atoms with E-state index in [1.165, 1.54) is 12.1 Å². The fourth-order valence-electron chi connectivity index (χ4n) is 3.20. The van der Waals surface area contributed by atoms with Crippen LogP contribution in [0.5, 0.6) is 5.75 Å². The van der Waals surface area contributed by atoms with Crippen molar-refractivity contribution < 1.29 is 18.7 Å². The Kier molecular flexibility index (Phi) is 6.74. The number of nitrogens with one attached hydrogen (secondary N) is 1. The van der Waals surface area contributed by atoms with Gasteiger partial charge in [-0.25, -0.2) is 4.39 Å². The van der Waals surface area contributed by atoms with E-state index in [4.69, 9.17) is 40.2 Å². The first-order valence-electron chi connectivity index (χ1n) is 9.67. The molecule has 0 unspecified atom stereocenters. The van der Waals surface area contributed by atoms with Crippen molar-refractivity contribution in [2.24, 2.45) is 0 Å². The average molecular weight is 501 g/mol. The minimum atomic E-state index is -0.670. The number of rotatable bonds is 5. The van der Waals surface area contributed by atoms with Crippen molar-refractivity contribution in [1.29, 1.82) is 0 Å². The molecule has 166 valence electrons. The van der Waals surface area contributed by atoms with Crippen LogP contribution in [0, 0.1) is 5.82 Å². The Bertz CT molecular complexity index is 1310. The lowest BCUT2D eigenvalue weighted by Gasteiger charge is -2.29. The van der Waals surface area contributed by atoms with Gasteiger partial charge in [-0.05, 0) is 42.6 Å². The zero-order valence-corrected chi connectivity index (χ0v) is 19.2. The fourth-order valence-corrected chi connectivity index (χ4v) is 3.85. The molecule has 3 aromatic carbocycles. The molecule has 5 nitrogen and oxygen atoms in total. The third-order valence-electron chi connectivity index (χ3n) is 4.83. The van der Waals surface area contributed by atoms with Crippen LogP contribution in [-0.4, -0.2) is 16.9 Å². The lowest BCUT2D eigenvalue weighted by Crippen LogP contribution is -2.54. The van der Waals surface area contributed by atoms with E-state index in [-0.39, 0.29) is 33.0 Å². The Balaban J connectivity index is 1.67. The molecule has 2 amide bonds. The Labute approximate surface area is 204 Å². The minimum absolute atomic E-state index is 0.0265. The van der Waals surface area contributed by atoms with Crippen LogP contribution in [0.2, 0.25) is 10.0 Å². The van der Waals surface area contributed by atoms with Gasteiger partial charge in [0, 0.05) is 11.1 Å². The Morgan fingerprint density at radius 1 is 1.00 bits per heavy atom. The van der Waals surface area contributed by atoms with Crippen molar-refractivity contribution in [3.8, 4) is 5.75 Å². The molecule has 0 aromatic heterocycles. The number of benzene rings is 3. The highest BCUT2D eigenvalue weighted by Gasteiger charge is 2.35. The molecule has 1 heterocycles. The first-order valence-corrected chi connectivity index (χ1v) is 10.8. The molecular weight excluding hydrogens is 486 g/mol. The van der Waals surface area contributed by atoms with Crippen LogP contribution in [-0.2, 0) is 16.2 Å². The molecule has 9 heteroatoms. The standard InChI is InChI=1S/C24H15Cl2FN2O3S/c25-17-8-5-10-19(21(17)26)29-23(31)16(22(30)28-24(29)33)12-14-6-2-4-11-20(14)32-13-15-7-1-3-9-18(15)27/h1-12H,13H2,(H,28,30,33)/b16-12+. The number of halogens is 3. The highest BCUT2D eigenvalue weighted by molar-refractivity contribution is 7.80. The van der Waals surface area contributed by atoms with Gasteiger partial charge in [-0.2, -0.15) is 0 Å². The van der Waals surface area contributed by atoms with Gasteiger partial charge < -0.3 is 4.74 Å². The van der Waals surface area contributed by atoms with Gasteiger partial charge in [0.25, 0.3) is 11.8 Å². The van der Waals surface area contributed by atoms with Crippen LogP contribution in [0.15, 0.2) is 72.3 Å². The van der Waals surface area contributed by atoms with Crippen LogP contribution in [0.25, 0.3) is 6.08 Å². The molecule has 1 aliphatic rings. The summed E-state index contributed by atoms with van der Waals surface area (Å²) in [4.78, 5) is 27.0. The highest BCUT2D eigenvalue weighted by Crippen LogP contribution is 2.34. The molecule has 0 spiro atoms. The second kappa shape index (κ2) is 9.70. The van der Waals surface area contributed by atoms with Crippen LogP contribution in [0.4, 0.5) is 10.1 Å². The summed E-state index contributed by atoms with van der Waals surface area (Å²) in [6, 6.07) is 17.8. The summed E-state index contributed by atoms with van der Waals surface area (Å²) in [7, 11) is 0. The van der Waals surface area contributed by atoms with Gasteiger partial charge >= 0.3 is 0 Å². The maximum absolute atomic E-state index is 13.9. The average Bonchev–Trinajstić information content (AvgIpc) is 2.79. The zero-order chi connectivity index (χ0) is 23.5. The number of para-hydroxylation sites is 1. The first kappa shape index (κ1) is 22.9. The largest absolute Gasteiger partial charge is 0.488 e. The van der Waals surface area contributed by atoms with Gasteiger partial charge in [-0.1, -0.05) is 65.7 Å². The molecule has 1 N–H and O–H groups in total. The van der Waals surface area contributed by atoms with Gasteiger partial charge in [-0.3, -0.25) is 19.8 Å². The van der Waals surface area contributed by atoms with Gasteiger partial charge in [0.15, 0.2) is 5.11 Å². The number of amides is 2. The smallest absolute Gasteiger partial charge is 0.270 e. The quantitative estimate of drug-likeness (QED) is 0.283. The molecule has 0 bridgehead atoms. The van der Waals surface area contributed by atoms with Crippen molar-refractivity contribution in [3.05, 3.63) is 99.3 Å². The molecular formula is C24H15Cl2FN2O3S. The number of thiocarbonyl (C=S) groups is 1. The second-order valence-corrected chi connectivity index (χ2v) is 8.12. The van der Waals surface area contributed by atoms with Gasteiger partial charge in [-0.15, -0.1) is 0 Å². The summed E-state index contributed by atoms with van der Waals surface area (Å²) in [6.07, 6.45) is 1.39. The monoisotopic (exact) mass is 500 g/mol. The molecule has 4 rings (SSSR count). The van der Waals surface area contributed by atoms with Crippen LogP contribution < -0.4 is 15.0 Å². The third kappa shape index (κ3) is 4.75. The molecule has 1 fully saturated rings. The number of hydrogen-bond donors (Lipinski definition) is 1. The summed E-state index contributed by atoms with van der Waals surface area (Å²) in [5, 5.41) is 2.74. The number of carbonyl (C=O) groups is 2. The number of carbonyl (C=O) groups excluding carboxylic acids is 2. The molecule has 0 radical (unpaired) electrons. The van der Waals surface area contributed by atoms with Gasteiger partial charge in [0.1, 0.15) is 23.7 Å². The topological polar surface area (TPSA) is 58.6 Å². The van der Waals surface area contributed by atoms with Crippen molar-refractivity contribution >= 4 is 64.1 Å². The third-order valence-corrected chi connectivity index (χ3v) is 5.93. The van der Waals surface area contributed by atoms with E-state index in [9.17, 15) is 14.0 Å². The lowest BCUT2D eigenvalue weighted by molar-refractivity contribution is -0.122. The molecule has 0 aliphatic carbocycles.